The van der Waals surface area contributed by atoms with Crippen LogP contribution < -0.4 is 5.32 Å². The van der Waals surface area contributed by atoms with E-state index in [1.165, 1.54) is 57.8 Å². The Morgan fingerprint density at radius 3 is 2.27 bits per heavy atom. The molecular formula is C14H23N. The summed E-state index contributed by atoms with van der Waals surface area (Å²) in [4.78, 5) is 0. The Balaban J connectivity index is 1.57. The maximum Gasteiger partial charge on any atom is 0.0139 e. The summed E-state index contributed by atoms with van der Waals surface area (Å²) in [6.45, 7) is 0. The molecule has 0 aromatic heterocycles. The summed E-state index contributed by atoms with van der Waals surface area (Å²) in [7, 11) is 0. The molecule has 1 unspecified atom stereocenters. The second-order valence-electron chi connectivity index (χ2n) is 5.82. The zero-order valence-electron chi connectivity index (χ0n) is 9.67. The van der Waals surface area contributed by atoms with Gasteiger partial charge in [0.25, 0.3) is 0 Å². The zero-order chi connectivity index (χ0) is 10.1. The Morgan fingerprint density at radius 2 is 1.67 bits per heavy atom. The lowest BCUT2D eigenvalue weighted by molar-refractivity contribution is 0.0172. The fourth-order valence-electron chi connectivity index (χ4n) is 3.85. The third-order valence-electron chi connectivity index (χ3n) is 4.96. The van der Waals surface area contributed by atoms with E-state index in [9.17, 15) is 0 Å². The van der Waals surface area contributed by atoms with Gasteiger partial charge in [0.1, 0.15) is 0 Å². The average Bonchev–Trinajstić information content (AvgIpc) is 2.78. The first-order valence-electron chi connectivity index (χ1n) is 6.80. The first-order chi connectivity index (χ1) is 7.39. The summed E-state index contributed by atoms with van der Waals surface area (Å²) in [6, 6.07) is 1.64. The molecule has 0 aliphatic heterocycles. The molecule has 3 aliphatic rings. The van der Waals surface area contributed by atoms with Gasteiger partial charge in [0.15, 0.2) is 0 Å². The van der Waals surface area contributed by atoms with Crippen LogP contribution in [0, 0.1) is 5.41 Å². The van der Waals surface area contributed by atoms with Crippen LogP contribution in [0.4, 0.5) is 0 Å². The summed E-state index contributed by atoms with van der Waals surface area (Å²) >= 11 is 0. The fourth-order valence-corrected chi connectivity index (χ4v) is 3.85. The molecule has 1 heteroatoms. The van der Waals surface area contributed by atoms with Crippen molar-refractivity contribution >= 4 is 0 Å². The maximum absolute atomic E-state index is 3.91. The Kier molecular flexibility index (Phi) is 2.59. The molecule has 0 heterocycles. The van der Waals surface area contributed by atoms with Crippen molar-refractivity contribution in [2.75, 3.05) is 0 Å². The van der Waals surface area contributed by atoms with Crippen molar-refractivity contribution in [3.8, 4) is 0 Å². The van der Waals surface area contributed by atoms with Gasteiger partial charge in [0, 0.05) is 12.1 Å². The van der Waals surface area contributed by atoms with Crippen molar-refractivity contribution in [3.05, 3.63) is 12.2 Å². The van der Waals surface area contributed by atoms with Gasteiger partial charge in [-0.1, -0.05) is 31.4 Å². The van der Waals surface area contributed by atoms with Crippen LogP contribution in [0.2, 0.25) is 0 Å². The monoisotopic (exact) mass is 205 g/mol. The van der Waals surface area contributed by atoms with Gasteiger partial charge in [0.2, 0.25) is 0 Å². The highest BCUT2D eigenvalue weighted by Crippen LogP contribution is 2.51. The van der Waals surface area contributed by atoms with E-state index in [1.54, 1.807) is 0 Å². The molecule has 3 aliphatic carbocycles. The predicted octanol–water partition coefficient (Wildman–Crippen LogP) is 3.41. The largest absolute Gasteiger partial charge is 0.310 e. The molecule has 1 spiro atoms. The summed E-state index contributed by atoms with van der Waals surface area (Å²) in [5.74, 6) is 0. The number of rotatable bonds is 2. The Morgan fingerprint density at radius 1 is 0.933 bits per heavy atom. The summed E-state index contributed by atoms with van der Waals surface area (Å²) in [5, 5.41) is 3.91. The van der Waals surface area contributed by atoms with Crippen molar-refractivity contribution in [3.63, 3.8) is 0 Å². The molecule has 0 bridgehead atoms. The molecule has 2 fully saturated rings. The Bertz CT molecular complexity index is 242. The quantitative estimate of drug-likeness (QED) is 0.681. The zero-order valence-corrected chi connectivity index (χ0v) is 9.67. The van der Waals surface area contributed by atoms with Crippen molar-refractivity contribution in [1.82, 2.24) is 5.32 Å². The van der Waals surface area contributed by atoms with Crippen LogP contribution in [-0.2, 0) is 0 Å². The van der Waals surface area contributed by atoms with E-state index >= 15 is 0 Å². The smallest absolute Gasteiger partial charge is 0.0139 e. The predicted molar refractivity (Wildman–Crippen MR) is 63.8 cm³/mol. The molecule has 1 atom stereocenters. The molecule has 0 radical (unpaired) electrons. The number of hydrogen-bond acceptors (Lipinski definition) is 1. The third kappa shape index (κ3) is 1.75. The molecule has 15 heavy (non-hydrogen) atoms. The molecule has 0 amide bonds. The lowest BCUT2D eigenvalue weighted by atomic mass is 9.57. The van der Waals surface area contributed by atoms with E-state index in [-0.39, 0.29) is 0 Å². The van der Waals surface area contributed by atoms with Crippen LogP contribution in [0.25, 0.3) is 0 Å². The van der Waals surface area contributed by atoms with Crippen molar-refractivity contribution in [2.45, 2.75) is 69.9 Å². The van der Waals surface area contributed by atoms with Gasteiger partial charge in [-0.3, -0.25) is 0 Å². The first-order valence-corrected chi connectivity index (χ1v) is 6.80. The second kappa shape index (κ2) is 3.93. The SMILES string of the molecule is C1=CCC(NC2CCC23CCCCC3)C1. The molecule has 1 N–H and O–H groups in total. The highest BCUT2D eigenvalue weighted by atomic mass is 15.0. The highest BCUT2D eigenvalue weighted by Gasteiger charge is 2.47. The molecule has 0 saturated heterocycles. The molecule has 84 valence electrons. The summed E-state index contributed by atoms with van der Waals surface area (Å²) < 4.78 is 0. The van der Waals surface area contributed by atoms with E-state index in [4.69, 9.17) is 0 Å². The summed E-state index contributed by atoms with van der Waals surface area (Å²) in [6.07, 6.45) is 17.6. The second-order valence-corrected chi connectivity index (χ2v) is 5.82. The minimum atomic E-state index is 0.737. The maximum atomic E-state index is 3.91. The van der Waals surface area contributed by atoms with E-state index in [0.29, 0.717) is 0 Å². The van der Waals surface area contributed by atoms with Crippen LogP contribution in [0.5, 0.6) is 0 Å². The lowest BCUT2D eigenvalue weighted by Crippen LogP contribution is -2.56. The van der Waals surface area contributed by atoms with Crippen molar-refractivity contribution < 1.29 is 0 Å². The van der Waals surface area contributed by atoms with Gasteiger partial charge in [-0.05, 0) is 43.9 Å². The van der Waals surface area contributed by atoms with Gasteiger partial charge in [-0.2, -0.15) is 0 Å². The van der Waals surface area contributed by atoms with Crippen LogP contribution in [0.3, 0.4) is 0 Å². The van der Waals surface area contributed by atoms with Gasteiger partial charge in [0.05, 0.1) is 0 Å². The average molecular weight is 205 g/mol. The summed E-state index contributed by atoms with van der Waals surface area (Å²) in [5.41, 5.74) is 0.737. The first kappa shape index (κ1) is 9.89. The Hall–Kier alpha value is -0.300. The molecule has 3 rings (SSSR count). The normalized spacial score (nSPS) is 34.5. The van der Waals surface area contributed by atoms with Gasteiger partial charge >= 0.3 is 0 Å². The number of hydrogen-bond donors (Lipinski definition) is 1. The minimum absolute atomic E-state index is 0.737. The molecule has 1 nitrogen and oxygen atoms in total. The van der Waals surface area contributed by atoms with Crippen molar-refractivity contribution in [2.24, 2.45) is 5.41 Å². The van der Waals surface area contributed by atoms with Crippen LogP contribution in [0.1, 0.15) is 57.8 Å². The lowest BCUT2D eigenvalue weighted by Gasteiger charge is -2.53. The minimum Gasteiger partial charge on any atom is -0.310 e. The van der Waals surface area contributed by atoms with Gasteiger partial charge < -0.3 is 5.32 Å². The van der Waals surface area contributed by atoms with Crippen molar-refractivity contribution in [1.29, 1.82) is 0 Å². The molecule has 2 saturated carbocycles. The molecular weight excluding hydrogens is 182 g/mol. The van der Waals surface area contributed by atoms with Crippen LogP contribution in [0.15, 0.2) is 12.2 Å². The van der Waals surface area contributed by atoms with E-state index in [0.717, 1.165) is 17.5 Å². The standard InChI is InChI=1S/C14H23N/c1-4-9-14(10-5-1)11-8-13(14)15-12-6-2-3-7-12/h2-3,12-13,15H,1,4-11H2. The fraction of sp³-hybridized carbons (Fsp3) is 0.857. The van der Waals surface area contributed by atoms with Crippen LogP contribution >= 0.6 is 0 Å². The van der Waals surface area contributed by atoms with Gasteiger partial charge in [-0.15, -0.1) is 0 Å². The highest BCUT2D eigenvalue weighted by molar-refractivity contribution is 5.05. The number of nitrogens with one attached hydrogen (secondary N) is 1. The van der Waals surface area contributed by atoms with E-state index in [1.807, 2.05) is 0 Å². The molecule has 0 aromatic carbocycles. The van der Waals surface area contributed by atoms with Crippen LogP contribution in [-0.4, -0.2) is 12.1 Å². The molecule has 0 aromatic rings. The van der Waals surface area contributed by atoms with Gasteiger partial charge in [-0.25, -0.2) is 0 Å². The third-order valence-corrected chi connectivity index (χ3v) is 4.96. The Labute approximate surface area is 93.3 Å². The van der Waals surface area contributed by atoms with E-state index < -0.39 is 0 Å². The van der Waals surface area contributed by atoms with E-state index in [2.05, 4.69) is 17.5 Å². The topological polar surface area (TPSA) is 12.0 Å².